The number of piperidine rings is 1. The number of hydrogen-bond donors (Lipinski definition) is 1. The summed E-state index contributed by atoms with van der Waals surface area (Å²) in [5.74, 6) is -1.62. The van der Waals surface area contributed by atoms with E-state index in [1.165, 1.54) is 29.7 Å². The number of nitrogens with zero attached hydrogens (tertiary/aromatic N) is 3. The SMILES string of the molecule is CC(=O)SC1CCN(C(C(=O)C2CC2)c2ccccc2F)CC1=CCN1CCN(CC(=O)O)C(=O)C1. The number of aliphatic carboxylic acids is 1. The Morgan fingerprint density at radius 3 is 2.53 bits per heavy atom. The number of likely N-dealkylation sites (tertiary alicyclic amines) is 1. The number of hydrogen-bond acceptors (Lipinski definition) is 7. The molecule has 1 aliphatic carbocycles. The third kappa shape index (κ3) is 6.60. The molecule has 3 aliphatic rings. The number of halogens is 1. The fourth-order valence-electron chi connectivity index (χ4n) is 4.94. The third-order valence-electron chi connectivity index (χ3n) is 6.94. The molecule has 1 aromatic rings. The molecule has 2 aliphatic heterocycles. The van der Waals surface area contributed by atoms with E-state index in [-0.39, 0.29) is 46.9 Å². The van der Waals surface area contributed by atoms with Crippen LogP contribution in [-0.2, 0) is 19.2 Å². The molecule has 1 aromatic carbocycles. The number of carboxylic acid groups (broad SMARTS) is 1. The van der Waals surface area contributed by atoms with E-state index in [9.17, 15) is 23.6 Å². The van der Waals surface area contributed by atoms with Gasteiger partial charge in [-0.05, 0) is 30.9 Å². The van der Waals surface area contributed by atoms with Crippen LogP contribution in [0.3, 0.4) is 0 Å². The maximum absolute atomic E-state index is 14.8. The van der Waals surface area contributed by atoms with Crippen molar-refractivity contribution in [3.8, 4) is 0 Å². The number of carboxylic acids is 1. The summed E-state index contributed by atoms with van der Waals surface area (Å²) in [5.41, 5.74) is 1.39. The lowest BCUT2D eigenvalue weighted by Crippen LogP contribution is -2.51. The van der Waals surface area contributed by atoms with Crippen LogP contribution in [0.1, 0.15) is 37.8 Å². The lowest BCUT2D eigenvalue weighted by molar-refractivity contribution is -0.146. The van der Waals surface area contributed by atoms with Crippen molar-refractivity contribution in [1.82, 2.24) is 14.7 Å². The molecular formula is C26H32FN3O5S. The van der Waals surface area contributed by atoms with E-state index < -0.39 is 12.0 Å². The highest BCUT2D eigenvalue weighted by atomic mass is 32.2. The number of carbonyl (C=O) groups excluding carboxylic acids is 3. The van der Waals surface area contributed by atoms with Crippen molar-refractivity contribution in [2.24, 2.45) is 5.92 Å². The first-order chi connectivity index (χ1) is 17.2. The molecule has 1 saturated carbocycles. The number of carbonyl (C=O) groups is 4. The molecule has 3 fully saturated rings. The third-order valence-corrected chi connectivity index (χ3v) is 8.09. The van der Waals surface area contributed by atoms with E-state index in [1.807, 2.05) is 15.9 Å². The van der Waals surface area contributed by atoms with Crippen molar-refractivity contribution < 1.29 is 28.7 Å². The number of ketones is 1. The second kappa shape index (κ2) is 11.7. The first-order valence-corrected chi connectivity index (χ1v) is 13.2. The zero-order valence-electron chi connectivity index (χ0n) is 20.4. The van der Waals surface area contributed by atoms with Crippen molar-refractivity contribution in [2.45, 2.75) is 37.5 Å². The van der Waals surface area contributed by atoms with Crippen molar-refractivity contribution in [1.29, 1.82) is 0 Å². The molecule has 194 valence electrons. The molecule has 0 aromatic heterocycles. The van der Waals surface area contributed by atoms with Crippen LogP contribution >= 0.6 is 11.8 Å². The predicted octanol–water partition coefficient (Wildman–Crippen LogP) is 2.36. The Kier molecular flexibility index (Phi) is 8.58. The van der Waals surface area contributed by atoms with Crippen LogP contribution in [-0.4, -0.2) is 93.6 Å². The Morgan fingerprint density at radius 1 is 1.14 bits per heavy atom. The van der Waals surface area contributed by atoms with E-state index in [4.69, 9.17) is 5.11 Å². The fourth-order valence-corrected chi connectivity index (χ4v) is 5.89. The largest absolute Gasteiger partial charge is 0.480 e. The van der Waals surface area contributed by atoms with Gasteiger partial charge in [-0.1, -0.05) is 36.0 Å². The summed E-state index contributed by atoms with van der Waals surface area (Å²) >= 11 is 1.27. The van der Waals surface area contributed by atoms with Crippen molar-refractivity contribution in [2.75, 3.05) is 45.8 Å². The first-order valence-electron chi connectivity index (χ1n) is 12.3. The maximum Gasteiger partial charge on any atom is 0.323 e. The molecule has 36 heavy (non-hydrogen) atoms. The van der Waals surface area contributed by atoms with Gasteiger partial charge in [-0.2, -0.15) is 0 Å². The molecule has 8 nitrogen and oxygen atoms in total. The minimum atomic E-state index is -1.03. The second-order valence-electron chi connectivity index (χ2n) is 9.68. The molecule has 2 unspecified atom stereocenters. The zero-order valence-corrected chi connectivity index (χ0v) is 21.2. The van der Waals surface area contributed by atoms with Gasteiger partial charge < -0.3 is 10.0 Å². The average molecular weight is 518 g/mol. The molecular weight excluding hydrogens is 485 g/mol. The summed E-state index contributed by atoms with van der Waals surface area (Å²) in [6.45, 7) is 3.75. The minimum Gasteiger partial charge on any atom is -0.480 e. The van der Waals surface area contributed by atoms with Gasteiger partial charge in [0.25, 0.3) is 0 Å². The monoisotopic (exact) mass is 517 g/mol. The molecule has 1 amide bonds. The van der Waals surface area contributed by atoms with Gasteiger partial charge in [0.1, 0.15) is 12.4 Å². The van der Waals surface area contributed by atoms with E-state index >= 15 is 0 Å². The molecule has 2 heterocycles. The quantitative estimate of drug-likeness (QED) is 0.499. The lowest BCUT2D eigenvalue weighted by Gasteiger charge is -2.39. The number of rotatable bonds is 9. The van der Waals surface area contributed by atoms with Crippen LogP contribution < -0.4 is 0 Å². The van der Waals surface area contributed by atoms with Crippen LogP contribution in [0.5, 0.6) is 0 Å². The number of amides is 1. The summed E-state index contributed by atoms with van der Waals surface area (Å²) in [5, 5.41) is 8.94. The van der Waals surface area contributed by atoms with Crippen LogP contribution in [0.2, 0.25) is 0 Å². The van der Waals surface area contributed by atoms with Crippen LogP contribution in [0.4, 0.5) is 4.39 Å². The molecule has 10 heteroatoms. The molecule has 2 saturated heterocycles. The van der Waals surface area contributed by atoms with Crippen molar-refractivity contribution in [3.05, 3.63) is 47.3 Å². The molecule has 0 radical (unpaired) electrons. The summed E-state index contributed by atoms with van der Waals surface area (Å²) in [7, 11) is 0. The Bertz CT molecular complexity index is 1060. The lowest BCUT2D eigenvalue weighted by atomic mass is 9.93. The molecule has 0 spiro atoms. The van der Waals surface area contributed by atoms with E-state index in [2.05, 4.69) is 0 Å². The van der Waals surface area contributed by atoms with Gasteiger partial charge in [0, 0.05) is 56.4 Å². The van der Waals surface area contributed by atoms with Gasteiger partial charge in [0.15, 0.2) is 10.9 Å². The molecule has 2 atom stereocenters. The smallest absolute Gasteiger partial charge is 0.323 e. The highest BCUT2D eigenvalue weighted by molar-refractivity contribution is 8.14. The van der Waals surface area contributed by atoms with Gasteiger partial charge in [-0.25, -0.2) is 4.39 Å². The summed E-state index contributed by atoms with van der Waals surface area (Å²) in [6, 6.07) is 5.78. The standard InChI is InChI=1S/C26H32FN3O5S/c1-17(31)36-22-9-11-30(25(26(35)18-6-7-18)20-4-2-3-5-21(20)27)14-19(22)8-10-28-12-13-29(16-24(33)34)23(32)15-28/h2-5,8,18,22,25H,6-7,9-16H2,1H3,(H,33,34). The second-order valence-corrected chi connectivity index (χ2v) is 11.1. The van der Waals surface area contributed by atoms with E-state index in [1.54, 1.807) is 18.2 Å². The van der Waals surface area contributed by atoms with Crippen LogP contribution in [0, 0.1) is 11.7 Å². The number of thioether (sulfide) groups is 1. The van der Waals surface area contributed by atoms with Crippen molar-refractivity contribution >= 4 is 34.5 Å². The normalized spacial score (nSPS) is 23.6. The topological polar surface area (TPSA) is 98.2 Å². The molecule has 1 N–H and O–H groups in total. The van der Waals surface area contributed by atoms with E-state index in [0.29, 0.717) is 44.7 Å². The zero-order chi connectivity index (χ0) is 25.8. The molecule has 0 bridgehead atoms. The minimum absolute atomic E-state index is 0.0107. The number of benzene rings is 1. The van der Waals surface area contributed by atoms with Gasteiger partial charge >= 0.3 is 5.97 Å². The summed E-state index contributed by atoms with van der Waals surface area (Å²) < 4.78 is 14.8. The molecule has 4 rings (SSSR count). The summed E-state index contributed by atoms with van der Waals surface area (Å²) in [4.78, 5) is 53.8. The Balaban J connectivity index is 1.51. The Labute approximate surface area is 214 Å². The highest BCUT2D eigenvalue weighted by Crippen LogP contribution is 2.40. The number of piperazine rings is 1. The van der Waals surface area contributed by atoms with E-state index in [0.717, 1.165) is 18.4 Å². The van der Waals surface area contributed by atoms with Crippen LogP contribution in [0.25, 0.3) is 0 Å². The van der Waals surface area contributed by atoms with Crippen LogP contribution in [0.15, 0.2) is 35.9 Å². The number of Topliss-reactive ketones (excluding diaryl/α,β-unsaturated/α-hetero) is 1. The fraction of sp³-hybridized carbons (Fsp3) is 0.538. The van der Waals surface area contributed by atoms with Gasteiger partial charge in [0.2, 0.25) is 5.91 Å². The van der Waals surface area contributed by atoms with Gasteiger partial charge in [-0.15, -0.1) is 0 Å². The average Bonchev–Trinajstić information content (AvgIpc) is 3.67. The predicted molar refractivity (Wildman–Crippen MR) is 134 cm³/mol. The first kappa shape index (κ1) is 26.5. The van der Waals surface area contributed by atoms with Gasteiger partial charge in [-0.3, -0.25) is 29.0 Å². The maximum atomic E-state index is 14.8. The van der Waals surface area contributed by atoms with Gasteiger partial charge in [0.05, 0.1) is 12.6 Å². The summed E-state index contributed by atoms with van der Waals surface area (Å²) in [6.07, 6.45) is 4.35. The Hall–Kier alpha value is -2.56. The Morgan fingerprint density at radius 2 is 1.89 bits per heavy atom. The highest BCUT2D eigenvalue weighted by Gasteiger charge is 2.41. The van der Waals surface area contributed by atoms with Crippen molar-refractivity contribution in [3.63, 3.8) is 0 Å².